The number of guanidine groups is 1. The van der Waals surface area contributed by atoms with Gasteiger partial charge in [-0.1, -0.05) is 19.8 Å². The average Bonchev–Trinajstić information content (AvgIpc) is 2.15. The van der Waals surface area contributed by atoms with E-state index in [4.69, 9.17) is 5.73 Å². The molecule has 76 valence electrons. The molecule has 1 saturated carbocycles. The van der Waals surface area contributed by atoms with Crippen molar-refractivity contribution in [1.82, 2.24) is 4.90 Å². The van der Waals surface area contributed by atoms with Crippen molar-refractivity contribution in [2.24, 2.45) is 16.6 Å². The number of aliphatic imine (C=N–C) groups is 1. The third-order valence-electron chi connectivity index (χ3n) is 3.05. The van der Waals surface area contributed by atoms with Crippen molar-refractivity contribution >= 4 is 5.96 Å². The molecule has 1 aliphatic carbocycles. The minimum Gasteiger partial charge on any atom is -0.370 e. The molecule has 2 N–H and O–H groups in total. The Labute approximate surface area is 81.0 Å². The average molecular weight is 183 g/mol. The SMILES string of the molecule is CN=C(N)N(C)C1CCCC(C)C1. The van der Waals surface area contributed by atoms with Gasteiger partial charge in [0.05, 0.1) is 0 Å². The summed E-state index contributed by atoms with van der Waals surface area (Å²) in [6.07, 6.45) is 5.21. The smallest absolute Gasteiger partial charge is 0.190 e. The molecule has 0 aromatic rings. The molecule has 0 spiro atoms. The Morgan fingerprint density at radius 1 is 1.46 bits per heavy atom. The molecular formula is C10H21N3. The summed E-state index contributed by atoms with van der Waals surface area (Å²) in [6.45, 7) is 2.32. The molecule has 0 bridgehead atoms. The third-order valence-corrected chi connectivity index (χ3v) is 3.05. The first kappa shape index (κ1) is 10.4. The number of hydrogen-bond acceptors (Lipinski definition) is 1. The number of rotatable bonds is 1. The summed E-state index contributed by atoms with van der Waals surface area (Å²) < 4.78 is 0. The van der Waals surface area contributed by atoms with Gasteiger partial charge >= 0.3 is 0 Å². The van der Waals surface area contributed by atoms with Crippen molar-refractivity contribution in [3.8, 4) is 0 Å². The highest BCUT2D eigenvalue weighted by atomic mass is 15.2. The molecule has 0 aromatic heterocycles. The maximum atomic E-state index is 5.77. The van der Waals surface area contributed by atoms with E-state index >= 15 is 0 Å². The molecule has 3 heteroatoms. The highest BCUT2D eigenvalue weighted by Crippen LogP contribution is 2.26. The van der Waals surface area contributed by atoms with Gasteiger partial charge in [0.25, 0.3) is 0 Å². The summed E-state index contributed by atoms with van der Waals surface area (Å²) in [5.41, 5.74) is 5.77. The summed E-state index contributed by atoms with van der Waals surface area (Å²) in [5, 5.41) is 0. The third kappa shape index (κ3) is 2.61. The van der Waals surface area contributed by atoms with Gasteiger partial charge in [-0.15, -0.1) is 0 Å². The molecule has 3 nitrogen and oxygen atoms in total. The van der Waals surface area contributed by atoms with Gasteiger partial charge in [0.15, 0.2) is 5.96 Å². The second-order valence-electron chi connectivity index (χ2n) is 4.12. The van der Waals surface area contributed by atoms with E-state index in [9.17, 15) is 0 Å². The second kappa shape index (κ2) is 4.49. The standard InChI is InChI=1S/C10H21N3/c1-8-5-4-6-9(7-8)13(3)10(11)12-2/h8-9H,4-7H2,1-3H3,(H2,11,12). The van der Waals surface area contributed by atoms with Crippen LogP contribution in [0.4, 0.5) is 0 Å². The van der Waals surface area contributed by atoms with E-state index in [2.05, 4.69) is 16.8 Å². The molecule has 0 aromatic carbocycles. The van der Waals surface area contributed by atoms with Gasteiger partial charge in [0, 0.05) is 20.1 Å². The van der Waals surface area contributed by atoms with Crippen LogP contribution in [-0.4, -0.2) is 31.0 Å². The van der Waals surface area contributed by atoms with E-state index < -0.39 is 0 Å². The fourth-order valence-electron chi connectivity index (χ4n) is 2.10. The zero-order valence-electron chi connectivity index (χ0n) is 8.95. The first-order chi connectivity index (χ1) is 6.15. The van der Waals surface area contributed by atoms with Crippen LogP contribution in [0.25, 0.3) is 0 Å². The zero-order chi connectivity index (χ0) is 9.84. The lowest BCUT2D eigenvalue weighted by Gasteiger charge is -2.34. The molecule has 2 atom stereocenters. The Hall–Kier alpha value is -0.730. The molecule has 0 amide bonds. The molecule has 0 saturated heterocycles. The normalized spacial score (nSPS) is 30.2. The summed E-state index contributed by atoms with van der Waals surface area (Å²) in [6, 6.07) is 0.604. The van der Waals surface area contributed by atoms with E-state index in [-0.39, 0.29) is 0 Å². The maximum Gasteiger partial charge on any atom is 0.190 e. The molecule has 1 aliphatic rings. The Bertz CT molecular complexity index is 189. The molecule has 1 fully saturated rings. The van der Waals surface area contributed by atoms with Crippen molar-refractivity contribution in [3.63, 3.8) is 0 Å². The van der Waals surface area contributed by atoms with Gasteiger partial charge in [-0.05, 0) is 18.8 Å². The van der Waals surface area contributed by atoms with Crippen LogP contribution in [0.2, 0.25) is 0 Å². The van der Waals surface area contributed by atoms with Gasteiger partial charge in [-0.2, -0.15) is 0 Å². The Balaban J connectivity index is 2.50. The van der Waals surface area contributed by atoms with Gasteiger partial charge in [0.1, 0.15) is 0 Å². The largest absolute Gasteiger partial charge is 0.370 e. The van der Waals surface area contributed by atoms with E-state index in [0.29, 0.717) is 12.0 Å². The van der Waals surface area contributed by atoms with E-state index in [0.717, 1.165) is 5.92 Å². The molecule has 0 aliphatic heterocycles. The maximum absolute atomic E-state index is 5.77. The van der Waals surface area contributed by atoms with Gasteiger partial charge in [-0.25, -0.2) is 0 Å². The second-order valence-corrected chi connectivity index (χ2v) is 4.12. The minimum atomic E-state index is 0.604. The fourth-order valence-corrected chi connectivity index (χ4v) is 2.10. The summed E-state index contributed by atoms with van der Waals surface area (Å²) in [4.78, 5) is 6.13. The molecule has 0 radical (unpaired) electrons. The van der Waals surface area contributed by atoms with Crippen LogP contribution in [-0.2, 0) is 0 Å². The zero-order valence-corrected chi connectivity index (χ0v) is 8.95. The number of nitrogens with two attached hydrogens (primary N) is 1. The Kier molecular flexibility index (Phi) is 3.58. The van der Waals surface area contributed by atoms with Crippen LogP contribution in [0, 0.1) is 5.92 Å². The summed E-state index contributed by atoms with van der Waals surface area (Å²) in [5.74, 6) is 1.50. The van der Waals surface area contributed by atoms with Crippen LogP contribution in [0.5, 0.6) is 0 Å². The minimum absolute atomic E-state index is 0.604. The van der Waals surface area contributed by atoms with Crippen LogP contribution in [0.3, 0.4) is 0 Å². The Morgan fingerprint density at radius 3 is 2.69 bits per heavy atom. The predicted octanol–water partition coefficient (Wildman–Crippen LogP) is 1.44. The first-order valence-corrected chi connectivity index (χ1v) is 5.10. The van der Waals surface area contributed by atoms with Crippen LogP contribution < -0.4 is 5.73 Å². The van der Waals surface area contributed by atoms with Crippen molar-refractivity contribution in [1.29, 1.82) is 0 Å². The van der Waals surface area contributed by atoms with Crippen LogP contribution >= 0.6 is 0 Å². The van der Waals surface area contributed by atoms with Crippen LogP contribution in [0.15, 0.2) is 4.99 Å². The first-order valence-electron chi connectivity index (χ1n) is 5.10. The lowest BCUT2D eigenvalue weighted by atomic mass is 9.86. The lowest BCUT2D eigenvalue weighted by molar-refractivity contribution is 0.230. The highest BCUT2D eigenvalue weighted by molar-refractivity contribution is 5.77. The molecule has 0 heterocycles. The van der Waals surface area contributed by atoms with E-state index in [1.807, 2.05) is 7.05 Å². The van der Waals surface area contributed by atoms with Crippen molar-refractivity contribution < 1.29 is 0 Å². The van der Waals surface area contributed by atoms with Crippen molar-refractivity contribution in [3.05, 3.63) is 0 Å². The van der Waals surface area contributed by atoms with Gasteiger partial charge in [0.2, 0.25) is 0 Å². The summed E-state index contributed by atoms with van der Waals surface area (Å²) in [7, 11) is 3.79. The highest BCUT2D eigenvalue weighted by Gasteiger charge is 2.22. The molecule has 1 rings (SSSR count). The monoisotopic (exact) mass is 183 g/mol. The summed E-state index contributed by atoms with van der Waals surface area (Å²) >= 11 is 0. The van der Waals surface area contributed by atoms with Crippen molar-refractivity contribution in [2.45, 2.75) is 38.6 Å². The van der Waals surface area contributed by atoms with Gasteiger partial charge in [-0.3, -0.25) is 4.99 Å². The molecule has 2 unspecified atom stereocenters. The molecule has 13 heavy (non-hydrogen) atoms. The number of hydrogen-bond donors (Lipinski definition) is 1. The lowest BCUT2D eigenvalue weighted by Crippen LogP contribution is -2.43. The van der Waals surface area contributed by atoms with Gasteiger partial charge < -0.3 is 10.6 Å². The quantitative estimate of drug-likeness (QED) is 0.494. The molecular weight excluding hydrogens is 162 g/mol. The van der Waals surface area contributed by atoms with E-state index in [1.165, 1.54) is 25.7 Å². The van der Waals surface area contributed by atoms with Crippen molar-refractivity contribution in [2.75, 3.05) is 14.1 Å². The van der Waals surface area contributed by atoms with Crippen LogP contribution in [0.1, 0.15) is 32.6 Å². The number of nitrogens with zero attached hydrogens (tertiary/aromatic N) is 2. The Morgan fingerprint density at radius 2 is 2.15 bits per heavy atom. The fraction of sp³-hybridized carbons (Fsp3) is 0.900. The predicted molar refractivity (Wildman–Crippen MR) is 56.7 cm³/mol. The van der Waals surface area contributed by atoms with E-state index in [1.54, 1.807) is 7.05 Å². The topological polar surface area (TPSA) is 41.6 Å².